The van der Waals surface area contributed by atoms with Gasteiger partial charge in [0.25, 0.3) is 0 Å². The van der Waals surface area contributed by atoms with Crippen molar-refractivity contribution in [2.24, 2.45) is 16.1 Å². The van der Waals surface area contributed by atoms with Gasteiger partial charge in [-0.05, 0) is 5.92 Å². The lowest BCUT2D eigenvalue weighted by molar-refractivity contribution is -0.145. The highest BCUT2D eigenvalue weighted by molar-refractivity contribution is 6.22. The minimum absolute atomic E-state index is 0.0624. The van der Waals surface area contributed by atoms with E-state index in [-0.39, 0.29) is 5.92 Å². The predicted molar refractivity (Wildman–Crippen MR) is 78.8 cm³/mol. The number of carbonyl (C=O) groups is 1. The first-order valence-corrected chi connectivity index (χ1v) is 6.55. The zero-order valence-electron chi connectivity index (χ0n) is 12.2. The number of hydrogen-bond donors (Lipinski definition) is 0. The van der Waals surface area contributed by atoms with Gasteiger partial charge < -0.3 is 9.74 Å². The monoisotopic (exact) mass is 273 g/mol. The molecule has 0 aliphatic carbocycles. The fourth-order valence-electron chi connectivity index (χ4n) is 2.17. The van der Waals surface area contributed by atoms with Gasteiger partial charge in [-0.1, -0.05) is 49.3 Å². The van der Waals surface area contributed by atoms with Crippen LogP contribution in [0, 0.1) is 5.92 Å². The molecule has 1 aliphatic rings. The van der Waals surface area contributed by atoms with Gasteiger partial charge in [0.05, 0.1) is 6.34 Å². The Hall–Kier alpha value is -2.17. The molecule has 0 aromatic heterocycles. The quantitative estimate of drug-likeness (QED) is 0.478. The predicted octanol–water partition coefficient (Wildman–Crippen LogP) is 1.93. The topological polar surface area (TPSA) is 54.3 Å². The molecule has 0 radical (unpaired) electrons. The molecule has 1 aliphatic heterocycles. The molecule has 0 N–H and O–H groups in total. The van der Waals surface area contributed by atoms with Crippen molar-refractivity contribution in [2.75, 3.05) is 14.1 Å². The van der Waals surface area contributed by atoms with Crippen molar-refractivity contribution in [3.05, 3.63) is 35.9 Å². The number of nitrogens with zero attached hydrogens (tertiary/aromatic N) is 3. The summed E-state index contributed by atoms with van der Waals surface area (Å²) in [4.78, 5) is 23.5. The molecule has 1 aromatic rings. The van der Waals surface area contributed by atoms with E-state index in [1.54, 1.807) is 11.2 Å². The molecular formula is C15H19N3O2. The van der Waals surface area contributed by atoms with Crippen molar-refractivity contribution in [2.45, 2.75) is 19.4 Å². The molecule has 20 heavy (non-hydrogen) atoms. The van der Waals surface area contributed by atoms with Crippen molar-refractivity contribution in [1.29, 1.82) is 0 Å². The molecule has 1 unspecified atom stereocenters. The Morgan fingerprint density at radius 1 is 1.30 bits per heavy atom. The summed E-state index contributed by atoms with van der Waals surface area (Å²) in [6, 6.07) is 9.54. The lowest BCUT2D eigenvalue weighted by atomic mass is 9.80. The van der Waals surface area contributed by atoms with Crippen LogP contribution in [0.3, 0.4) is 0 Å². The van der Waals surface area contributed by atoms with Gasteiger partial charge in [0.1, 0.15) is 5.71 Å². The Balaban J connectivity index is 2.52. The Morgan fingerprint density at radius 3 is 2.50 bits per heavy atom. The summed E-state index contributed by atoms with van der Waals surface area (Å²) >= 11 is 0. The highest BCUT2D eigenvalue weighted by Crippen LogP contribution is 2.33. The van der Waals surface area contributed by atoms with Crippen LogP contribution in [0.4, 0.5) is 0 Å². The second-order valence-electron chi connectivity index (χ2n) is 5.31. The highest BCUT2D eigenvalue weighted by Gasteiger charge is 2.53. The Bertz CT molecular complexity index is 549. The average molecular weight is 273 g/mol. The summed E-state index contributed by atoms with van der Waals surface area (Å²) < 4.78 is 0. The molecule has 0 spiro atoms. The van der Waals surface area contributed by atoms with Gasteiger partial charge in [-0.3, -0.25) is 4.99 Å². The van der Waals surface area contributed by atoms with Crippen molar-refractivity contribution >= 4 is 18.0 Å². The molecule has 0 bridgehead atoms. The molecule has 5 heteroatoms. The second kappa shape index (κ2) is 5.45. The number of aliphatic imine (C=N–C) groups is 1. The molecule has 1 atom stereocenters. The maximum atomic E-state index is 12.3. The van der Waals surface area contributed by atoms with Crippen molar-refractivity contribution in [3.8, 4) is 0 Å². The third-order valence-corrected chi connectivity index (χ3v) is 3.27. The minimum Gasteiger partial charge on any atom is -0.369 e. The second-order valence-corrected chi connectivity index (χ2v) is 5.31. The van der Waals surface area contributed by atoms with Gasteiger partial charge in [0.15, 0.2) is 0 Å². The van der Waals surface area contributed by atoms with Gasteiger partial charge >= 0.3 is 5.97 Å². The molecule has 1 aromatic carbocycles. The van der Waals surface area contributed by atoms with Crippen LogP contribution < -0.4 is 0 Å². The van der Waals surface area contributed by atoms with Crippen LogP contribution in [0.25, 0.3) is 0 Å². The summed E-state index contributed by atoms with van der Waals surface area (Å²) in [5, 5.41) is 3.97. The number of carbonyl (C=O) groups excluding carboxylic acids is 1. The molecule has 106 valence electrons. The van der Waals surface area contributed by atoms with Gasteiger partial charge in [-0.15, -0.1) is 0 Å². The summed E-state index contributed by atoms with van der Waals surface area (Å²) in [5.41, 5.74) is 0.338. The summed E-state index contributed by atoms with van der Waals surface area (Å²) in [6.45, 7) is 3.88. The molecule has 5 nitrogen and oxygen atoms in total. The third kappa shape index (κ3) is 2.31. The molecule has 0 fully saturated rings. The largest absolute Gasteiger partial charge is 0.369 e. The summed E-state index contributed by atoms with van der Waals surface area (Å²) in [6.07, 6.45) is 1.63. The van der Waals surface area contributed by atoms with Crippen LogP contribution in [0.2, 0.25) is 0 Å². The van der Waals surface area contributed by atoms with Crippen LogP contribution in [0.5, 0.6) is 0 Å². The molecule has 0 amide bonds. The molecule has 0 saturated heterocycles. The van der Waals surface area contributed by atoms with Crippen molar-refractivity contribution in [3.63, 3.8) is 0 Å². The first-order valence-electron chi connectivity index (χ1n) is 6.55. The number of oxime groups is 1. The Kier molecular flexibility index (Phi) is 3.88. The van der Waals surface area contributed by atoms with Crippen LogP contribution in [0.15, 0.2) is 40.5 Å². The fourth-order valence-corrected chi connectivity index (χ4v) is 2.17. The van der Waals surface area contributed by atoms with E-state index in [4.69, 9.17) is 4.84 Å². The normalized spacial score (nSPS) is 22.2. The van der Waals surface area contributed by atoms with Gasteiger partial charge in [0.2, 0.25) is 5.54 Å². The maximum Gasteiger partial charge on any atom is 0.368 e. The van der Waals surface area contributed by atoms with Gasteiger partial charge in [0, 0.05) is 19.7 Å². The zero-order chi connectivity index (χ0) is 14.8. The van der Waals surface area contributed by atoms with Crippen LogP contribution >= 0.6 is 0 Å². The maximum absolute atomic E-state index is 12.3. The van der Waals surface area contributed by atoms with Crippen LogP contribution in [-0.4, -0.2) is 42.6 Å². The first-order chi connectivity index (χ1) is 9.48. The average Bonchev–Trinajstić information content (AvgIpc) is 2.75. The van der Waals surface area contributed by atoms with Crippen molar-refractivity contribution < 1.29 is 9.63 Å². The lowest BCUT2D eigenvalue weighted by Gasteiger charge is -2.26. The van der Waals surface area contributed by atoms with E-state index < -0.39 is 11.5 Å². The van der Waals surface area contributed by atoms with Crippen LogP contribution in [-0.2, 0) is 9.63 Å². The number of rotatable bonds is 4. The van der Waals surface area contributed by atoms with Crippen LogP contribution in [0.1, 0.15) is 19.4 Å². The zero-order valence-corrected chi connectivity index (χ0v) is 12.2. The van der Waals surface area contributed by atoms with Gasteiger partial charge in [-0.2, -0.15) is 0 Å². The van der Waals surface area contributed by atoms with E-state index in [2.05, 4.69) is 10.1 Å². The highest BCUT2D eigenvalue weighted by atomic mass is 16.7. The fraction of sp³-hybridized carbons (Fsp3) is 0.400. The van der Waals surface area contributed by atoms with E-state index in [0.29, 0.717) is 5.71 Å². The summed E-state index contributed by atoms with van der Waals surface area (Å²) in [5.74, 6) is -0.489. The molecular weight excluding hydrogens is 254 g/mol. The number of hydrogen-bond acceptors (Lipinski definition) is 4. The Morgan fingerprint density at radius 2 is 1.95 bits per heavy atom. The lowest BCUT2D eigenvalue weighted by Crippen LogP contribution is -2.47. The Labute approximate surface area is 118 Å². The van der Waals surface area contributed by atoms with Crippen molar-refractivity contribution in [1.82, 2.24) is 4.90 Å². The van der Waals surface area contributed by atoms with E-state index in [1.165, 1.54) is 0 Å². The number of benzene rings is 1. The van der Waals surface area contributed by atoms with Gasteiger partial charge in [-0.25, -0.2) is 4.79 Å². The van der Waals surface area contributed by atoms with E-state index in [9.17, 15) is 4.79 Å². The SMILES string of the molecule is CC(C)C1(N=CN(C)C)C(=O)ON=C1c1ccccc1. The molecule has 1 heterocycles. The smallest absolute Gasteiger partial charge is 0.368 e. The standard InChI is InChI=1S/C15H19N3O2/c1-11(2)15(16-10-18(3)4)13(17-20-14(15)19)12-8-6-5-7-9-12/h5-11H,1-4H3. The van der Waals surface area contributed by atoms with E-state index in [0.717, 1.165) is 5.56 Å². The molecule has 0 saturated carbocycles. The first kappa shape index (κ1) is 14.2. The molecule has 2 rings (SSSR count). The summed E-state index contributed by atoms with van der Waals surface area (Å²) in [7, 11) is 3.72. The minimum atomic E-state index is -1.08. The third-order valence-electron chi connectivity index (χ3n) is 3.27. The van der Waals surface area contributed by atoms with E-state index in [1.807, 2.05) is 58.3 Å². The van der Waals surface area contributed by atoms with E-state index >= 15 is 0 Å².